The number of sulfonamides is 1. The van der Waals surface area contributed by atoms with E-state index >= 15 is 0 Å². The smallest absolute Gasteiger partial charge is 0.233 e. The summed E-state index contributed by atoms with van der Waals surface area (Å²) in [5.74, 6) is 0.758. The Balaban J connectivity index is 1.58. The first kappa shape index (κ1) is 18.4. The third-order valence-electron chi connectivity index (χ3n) is 4.18. The van der Waals surface area contributed by atoms with Crippen molar-refractivity contribution >= 4 is 27.3 Å². The van der Waals surface area contributed by atoms with Crippen molar-refractivity contribution in [3.8, 4) is 0 Å². The summed E-state index contributed by atoms with van der Waals surface area (Å²) < 4.78 is 39.0. The molecule has 1 aromatic heterocycles. The molecular formula is C17H22FN5O2S. The molecule has 140 valence electrons. The number of aromatic nitrogens is 2. The van der Waals surface area contributed by atoms with Crippen LogP contribution in [0.4, 0.5) is 21.7 Å². The second kappa shape index (κ2) is 7.86. The zero-order chi connectivity index (χ0) is 18.6. The van der Waals surface area contributed by atoms with E-state index in [0.29, 0.717) is 12.2 Å². The molecular weight excluding hydrogens is 357 g/mol. The number of hydrogen-bond acceptors (Lipinski definition) is 6. The van der Waals surface area contributed by atoms with Crippen molar-refractivity contribution in [3.63, 3.8) is 0 Å². The van der Waals surface area contributed by atoms with Gasteiger partial charge in [0.05, 0.1) is 5.75 Å². The van der Waals surface area contributed by atoms with E-state index in [1.165, 1.54) is 12.1 Å². The molecule has 0 radical (unpaired) electrons. The molecule has 0 unspecified atom stereocenters. The number of nitrogens with one attached hydrogen (secondary N) is 1. The van der Waals surface area contributed by atoms with Gasteiger partial charge in [-0.1, -0.05) is 6.92 Å². The molecule has 0 spiro atoms. The highest BCUT2D eigenvalue weighted by Crippen LogP contribution is 2.20. The summed E-state index contributed by atoms with van der Waals surface area (Å²) in [6, 6.07) is 9.88. The van der Waals surface area contributed by atoms with E-state index in [4.69, 9.17) is 0 Å². The highest BCUT2D eigenvalue weighted by atomic mass is 32.2. The zero-order valence-corrected chi connectivity index (χ0v) is 15.4. The fraction of sp³-hybridized carbons (Fsp3) is 0.412. The molecule has 2 aromatic rings. The fourth-order valence-corrected chi connectivity index (χ4v) is 3.94. The largest absolute Gasteiger partial charge is 0.368 e. The van der Waals surface area contributed by atoms with Crippen molar-refractivity contribution in [2.45, 2.75) is 13.3 Å². The highest BCUT2D eigenvalue weighted by molar-refractivity contribution is 7.92. The average molecular weight is 379 g/mol. The highest BCUT2D eigenvalue weighted by Gasteiger charge is 2.19. The number of hydrogen-bond donors (Lipinski definition) is 1. The Labute approximate surface area is 152 Å². The number of anilines is 3. The Kier molecular flexibility index (Phi) is 5.55. The Morgan fingerprint density at radius 3 is 2.23 bits per heavy atom. The quantitative estimate of drug-likeness (QED) is 0.828. The maximum atomic E-state index is 13.0. The first-order valence-electron chi connectivity index (χ1n) is 8.56. The molecule has 3 rings (SSSR count). The van der Waals surface area contributed by atoms with Crippen molar-refractivity contribution in [1.29, 1.82) is 0 Å². The molecule has 0 bridgehead atoms. The third-order valence-corrected chi connectivity index (χ3v) is 5.64. The Morgan fingerprint density at radius 2 is 1.65 bits per heavy atom. The van der Waals surface area contributed by atoms with Crippen LogP contribution in [0.2, 0.25) is 0 Å². The summed E-state index contributed by atoms with van der Waals surface area (Å²) in [5.41, 5.74) is 0.998. The molecule has 1 fully saturated rings. The van der Waals surface area contributed by atoms with Gasteiger partial charge in [-0.05, 0) is 42.8 Å². The molecule has 1 aliphatic heterocycles. The SMILES string of the molecule is CCCS(=O)(=O)Nc1ccc(N2CCN(c3ccc(F)cc3)CC2)nn1. The van der Waals surface area contributed by atoms with Gasteiger partial charge in [0.1, 0.15) is 5.82 Å². The lowest BCUT2D eigenvalue weighted by Gasteiger charge is -2.36. The Hall–Kier alpha value is -2.42. The molecule has 7 nitrogen and oxygen atoms in total. The first-order chi connectivity index (χ1) is 12.5. The van der Waals surface area contributed by atoms with Crippen LogP contribution in [0.5, 0.6) is 0 Å². The van der Waals surface area contributed by atoms with Gasteiger partial charge in [0.25, 0.3) is 0 Å². The minimum Gasteiger partial charge on any atom is -0.368 e. The van der Waals surface area contributed by atoms with E-state index < -0.39 is 10.0 Å². The Morgan fingerprint density at radius 1 is 1.00 bits per heavy atom. The van der Waals surface area contributed by atoms with Crippen LogP contribution in [-0.4, -0.2) is 50.5 Å². The standard InChI is InChI=1S/C17H22FN5O2S/c1-2-13-26(24,25)21-16-7-8-17(20-19-16)23-11-9-22(10-12-23)15-5-3-14(18)4-6-15/h3-8H,2,9-13H2,1H3,(H,19,21). The summed E-state index contributed by atoms with van der Waals surface area (Å²) in [6.45, 7) is 4.90. The molecule has 0 amide bonds. The summed E-state index contributed by atoms with van der Waals surface area (Å²) >= 11 is 0. The topological polar surface area (TPSA) is 78.4 Å². The van der Waals surface area contributed by atoms with Crippen molar-refractivity contribution in [2.24, 2.45) is 0 Å². The number of halogens is 1. The van der Waals surface area contributed by atoms with Crippen LogP contribution in [0.1, 0.15) is 13.3 Å². The van der Waals surface area contributed by atoms with Crippen LogP contribution < -0.4 is 14.5 Å². The number of piperazine rings is 1. The van der Waals surface area contributed by atoms with Gasteiger partial charge >= 0.3 is 0 Å². The van der Waals surface area contributed by atoms with Gasteiger partial charge in [-0.25, -0.2) is 12.8 Å². The molecule has 1 aromatic carbocycles. The zero-order valence-electron chi connectivity index (χ0n) is 14.6. The maximum Gasteiger partial charge on any atom is 0.233 e. The molecule has 1 aliphatic rings. The van der Waals surface area contributed by atoms with Gasteiger partial charge in [0.2, 0.25) is 10.0 Å². The molecule has 0 saturated carbocycles. The van der Waals surface area contributed by atoms with E-state index in [-0.39, 0.29) is 17.4 Å². The number of rotatable bonds is 6. The maximum absolute atomic E-state index is 13.0. The lowest BCUT2D eigenvalue weighted by atomic mass is 10.2. The predicted octanol–water partition coefficient (Wildman–Crippen LogP) is 2.09. The van der Waals surface area contributed by atoms with Crippen molar-refractivity contribution < 1.29 is 12.8 Å². The molecule has 2 heterocycles. The number of benzene rings is 1. The van der Waals surface area contributed by atoms with Gasteiger partial charge in [-0.15, -0.1) is 10.2 Å². The van der Waals surface area contributed by atoms with E-state index in [2.05, 4.69) is 24.7 Å². The van der Waals surface area contributed by atoms with Crippen LogP contribution >= 0.6 is 0 Å². The molecule has 0 atom stereocenters. The minimum atomic E-state index is -3.36. The van der Waals surface area contributed by atoms with E-state index in [9.17, 15) is 12.8 Å². The van der Waals surface area contributed by atoms with Crippen LogP contribution in [0, 0.1) is 5.82 Å². The molecule has 0 aliphatic carbocycles. The van der Waals surface area contributed by atoms with E-state index in [0.717, 1.165) is 31.9 Å². The van der Waals surface area contributed by atoms with Gasteiger partial charge < -0.3 is 9.80 Å². The third kappa shape index (κ3) is 4.60. The van der Waals surface area contributed by atoms with E-state index in [1.54, 1.807) is 31.2 Å². The minimum absolute atomic E-state index is 0.0573. The molecule has 9 heteroatoms. The average Bonchev–Trinajstić information content (AvgIpc) is 2.63. The van der Waals surface area contributed by atoms with E-state index in [1.807, 2.05) is 0 Å². The van der Waals surface area contributed by atoms with Gasteiger partial charge in [0.15, 0.2) is 11.6 Å². The fourth-order valence-electron chi connectivity index (χ4n) is 2.87. The van der Waals surface area contributed by atoms with Crippen molar-refractivity contribution in [2.75, 3.05) is 46.5 Å². The van der Waals surface area contributed by atoms with Crippen LogP contribution in [0.25, 0.3) is 0 Å². The lowest BCUT2D eigenvalue weighted by Crippen LogP contribution is -2.46. The van der Waals surface area contributed by atoms with Crippen molar-refractivity contribution in [1.82, 2.24) is 10.2 Å². The van der Waals surface area contributed by atoms with Crippen LogP contribution in [0.15, 0.2) is 36.4 Å². The molecule has 26 heavy (non-hydrogen) atoms. The lowest BCUT2D eigenvalue weighted by molar-refractivity contribution is 0.599. The second-order valence-electron chi connectivity index (χ2n) is 6.15. The van der Waals surface area contributed by atoms with Crippen molar-refractivity contribution in [3.05, 3.63) is 42.2 Å². The van der Waals surface area contributed by atoms with Crippen LogP contribution in [-0.2, 0) is 10.0 Å². The van der Waals surface area contributed by atoms with Gasteiger partial charge in [0, 0.05) is 31.9 Å². The summed E-state index contributed by atoms with van der Waals surface area (Å²) in [4.78, 5) is 4.29. The van der Waals surface area contributed by atoms with Crippen LogP contribution in [0.3, 0.4) is 0 Å². The monoisotopic (exact) mass is 379 g/mol. The molecule has 1 N–H and O–H groups in total. The second-order valence-corrected chi connectivity index (χ2v) is 7.99. The van der Waals surface area contributed by atoms with Gasteiger partial charge in [-0.2, -0.15) is 0 Å². The Bertz CT molecular complexity index is 819. The number of nitrogens with zero attached hydrogens (tertiary/aromatic N) is 4. The summed E-state index contributed by atoms with van der Waals surface area (Å²) in [7, 11) is -3.36. The molecule has 1 saturated heterocycles. The summed E-state index contributed by atoms with van der Waals surface area (Å²) in [6.07, 6.45) is 0.541. The first-order valence-corrected chi connectivity index (χ1v) is 10.2. The predicted molar refractivity (Wildman–Crippen MR) is 101 cm³/mol. The normalized spacial score (nSPS) is 15.2. The summed E-state index contributed by atoms with van der Waals surface area (Å²) in [5, 5.41) is 8.11. The van der Waals surface area contributed by atoms with Gasteiger partial charge in [-0.3, -0.25) is 4.72 Å².